The lowest BCUT2D eigenvalue weighted by Gasteiger charge is -2.27. The number of nitrogens with one attached hydrogen (secondary N) is 3. The Bertz CT molecular complexity index is 421. The van der Waals surface area contributed by atoms with Gasteiger partial charge in [0.1, 0.15) is 11.6 Å². The number of aliphatic hydroxyl groups excluding tert-OH is 1. The van der Waals surface area contributed by atoms with E-state index in [1.165, 1.54) is 0 Å². The van der Waals surface area contributed by atoms with Crippen LogP contribution in [-0.4, -0.2) is 54.0 Å². The van der Waals surface area contributed by atoms with Crippen molar-refractivity contribution in [1.82, 2.24) is 16.0 Å². The maximum absolute atomic E-state index is 12.6. The molecule has 0 aliphatic carbocycles. The number of hydrogen-bond acceptors (Lipinski definition) is 5. The normalized spacial score (nSPS) is 23.3. The number of amides is 2. The second kappa shape index (κ2) is 9.22. The molecule has 4 N–H and O–H groups in total. The average Bonchev–Trinajstić information content (AvgIpc) is 2.60. The van der Waals surface area contributed by atoms with Gasteiger partial charge in [0.05, 0.1) is 12.1 Å². The first-order chi connectivity index (χ1) is 11.1. The van der Waals surface area contributed by atoms with Crippen molar-refractivity contribution in [1.29, 1.82) is 0 Å². The highest BCUT2D eigenvalue weighted by molar-refractivity contribution is 5.85. The third-order valence-corrected chi connectivity index (χ3v) is 3.73. The maximum atomic E-state index is 12.6. The van der Waals surface area contributed by atoms with Crippen LogP contribution in [0.2, 0.25) is 0 Å². The first-order valence-electron chi connectivity index (χ1n) is 8.77. The molecule has 7 nitrogen and oxygen atoms in total. The summed E-state index contributed by atoms with van der Waals surface area (Å²) in [6.45, 7) is 10.6. The van der Waals surface area contributed by atoms with Crippen LogP contribution in [-0.2, 0) is 9.53 Å². The zero-order chi connectivity index (χ0) is 18.3. The van der Waals surface area contributed by atoms with E-state index in [1.807, 2.05) is 13.8 Å². The molecule has 0 spiro atoms. The highest BCUT2D eigenvalue weighted by Gasteiger charge is 2.29. The first-order valence-corrected chi connectivity index (χ1v) is 8.77. The summed E-state index contributed by atoms with van der Waals surface area (Å²) in [5, 5.41) is 18.8. The molecular weight excluding hydrogens is 310 g/mol. The molecule has 0 unspecified atom stereocenters. The van der Waals surface area contributed by atoms with Crippen LogP contribution in [0.25, 0.3) is 0 Å². The highest BCUT2D eigenvalue weighted by Crippen LogP contribution is 2.11. The van der Waals surface area contributed by atoms with Crippen molar-refractivity contribution in [2.75, 3.05) is 13.1 Å². The van der Waals surface area contributed by atoms with E-state index in [-0.39, 0.29) is 17.9 Å². The molecule has 3 atom stereocenters. The van der Waals surface area contributed by atoms with Gasteiger partial charge in [-0.1, -0.05) is 13.8 Å². The molecule has 1 aliphatic heterocycles. The fourth-order valence-electron chi connectivity index (χ4n) is 2.64. The second-order valence-electron chi connectivity index (χ2n) is 7.86. The van der Waals surface area contributed by atoms with Gasteiger partial charge in [-0.3, -0.25) is 4.79 Å². The lowest BCUT2D eigenvalue weighted by Crippen LogP contribution is -2.54. The molecule has 2 amide bonds. The molecule has 0 saturated carbocycles. The average molecular weight is 343 g/mol. The van der Waals surface area contributed by atoms with E-state index in [0.717, 1.165) is 13.0 Å². The van der Waals surface area contributed by atoms with Crippen molar-refractivity contribution in [3.8, 4) is 0 Å². The van der Waals surface area contributed by atoms with Gasteiger partial charge in [-0.2, -0.15) is 0 Å². The lowest BCUT2D eigenvalue weighted by atomic mass is 10.0. The minimum absolute atomic E-state index is 0.233. The largest absolute Gasteiger partial charge is 0.444 e. The second-order valence-corrected chi connectivity index (χ2v) is 7.86. The minimum atomic E-state index is -0.678. The van der Waals surface area contributed by atoms with E-state index < -0.39 is 23.8 Å². The Kier molecular flexibility index (Phi) is 7.96. The van der Waals surface area contributed by atoms with E-state index in [2.05, 4.69) is 16.0 Å². The monoisotopic (exact) mass is 343 g/mol. The zero-order valence-corrected chi connectivity index (χ0v) is 15.5. The highest BCUT2D eigenvalue weighted by atomic mass is 16.6. The molecule has 1 rings (SSSR count). The number of ether oxygens (including phenoxy) is 1. The van der Waals surface area contributed by atoms with Gasteiger partial charge in [0.2, 0.25) is 5.91 Å². The molecule has 1 aliphatic rings. The molecule has 0 aromatic carbocycles. The summed E-state index contributed by atoms with van der Waals surface area (Å²) < 4.78 is 5.24. The SMILES string of the molecule is CC(C)C[C@H](NC(=O)OC(C)(C)C)C(=O)N[C@H]1CCCNC[C@@H]1O. The Hall–Kier alpha value is -1.34. The van der Waals surface area contributed by atoms with Gasteiger partial charge < -0.3 is 25.8 Å². The summed E-state index contributed by atoms with van der Waals surface area (Å²) in [4.78, 5) is 24.6. The van der Waals surface area contributed by atoms with Crippen molar-refractivity contribution in [3.05, 3.63) is 0 Å². The third-order valence-electron chi connectivity index (χ3n) is 3.73. The molecule has 1 fully saturated rings. The first kappa shape index (κ1) is 20.7. The summed E-state index contributed by atoms with van der Waals surface area (Å²) in [6.07, 6.45) is 0.868. The van der Waals surface area contributed by atoms with Gasteiger partial charge in [0, 0.05) is 6.54 Å². The van der Waals surface area contributed by atoms with Gasteiger partial charge in [0.25, 0.3) is 0 Å². The van der Waals surface area contributed by atoms with Crippen molar-refractivity contribution in [2.24, 2.45) is 5.92 Å². The fraction of sp³-hybridized carbons (Fsp3) is 0.882. The molecule has 1 saturated heterocycles. The zero-order valence-electron chi connectivity index (χ0n) is 15.5. The standard InChI is InChI=1S/C17H33N3O4/c1-11(2)9-13(20-16(23)24-17(3,4)5)15(22)19-12-7-6-8-18-10-14(12)21/h11-14,18,21H,6-10H2,1-5H3,(H,19,22)(H,20,23)/t12-,13-,14-/m0/s1. The number of hydrogen-bond donors (Lipinski definition) is 4. The van der Waals surface area contributed by atoms with Gasteiger partial charge >= 0.3 is 6.09 Å². The van der Waals surface area contributed by atoms with Crippen LogP contribution in [0.3, 0.4) is 0 Å². The van der Waals surface area contributed by atoms with Crippen molar-refractivity contribution in [3.63, 3.8) is 0 Å². The predicted octanol–water partition coefficient (Wildman–Crippen LogP) is 1.15. The molecule has 0 radical (unpaired) electrons. The third kappa shape index (κ3) is 7.97. The van der Waals surface area contributed by atoms with Gasteiger partial charge in [-0.15, -0.1) is 0 Å². The van der Waals surface area contributed by atoms with Crippen LogP contribution >= 0.6 is 0 Å². The molecule has 0 aromatic rings. The molecule has 0 aromatic heterocycles. The van der Waals surface area contributed by atoms with E-state index in [1.54, 1.807) is 20.8 Å². The van der Waals surface area contributed by atoms with Crippen LogP contribution in [0.1, 0.15) is 53.9 Å². The number of alkyl carbamates (subject to hydrolysis) is 1. The van der Waals surface area contributed by atoms with Gasteiger partial charge in [-0.05, 0) is 52.5 Å². The summed E-state index contributed by atoms with van der Waals surface area (Å²) in [6, 6.07) is -0.981. The van der Waals surface area contributed by atoms with E-state index in [4.69, 9.17) is 4.74 Å². The summed E-state index contributed by atoms with van der Waals surface area (Å²) in [7, 11) is 0. The smallest absolute Gasteiger partial charge is 0.408 e. The molecule has 7 heteroatoms. The van der Waals surface area contributed by atoms with E-state index >= 15 is 0 Å². The Morgan fingerprint density at radius 2 is 2.00 bits per heavy atom. The number of β-amino-alcohol motifs (C(OH)–C–C–N with tert-alkyl or cyclic N) is 1. The molecule has 0 bridgehead atoms. The minimum Gasteiger partial charge on any atom is -0.444 e. The number of rotatable bonds is 5. The fourth-order valence-corrected chi connectivity index (χ4v) is 2.64. The van der Waals surface area contributed by atoms with Gasteiger partial charge in [-0.25, -0.2) is 4.79 Å². The quantitative estimate of drug-likeness (QED) is 0.600. The summed E-state index contributed by atoms with van der Waals surface area (Å²) in [5.41, 5.74) is -0.619. The van der Waals surface area contributed by atoms with Crippen LogP contribution in [0.15, 0.2) is 0 Å². The predicted molar refractivity (Wildman–Crippen MR) is 92.7 cm³/mol. The molecule has 24 heavy (non-hydrogen) atoms. The Morgan fingerprint density at radius 3 is 2.58 bits per heavy atom. The van der Waals surface area contributed by atoms with Crippen molar-refractivity contribution in [2.45, 2.75) is 77.7 Å². The molecular formula is C17H33N3O4. The number of aliphatic hydroxyl groups is 1. The van der Waals surface area contributed by atoms with Crippen molar-refractivity contribution < 1.29 is 19.4 Å². The topological polar surface area (TPSA) is 99.7 Å². The summed E-state index contributed by atoms with van der Waals surface area (Å²) >= 11 is 0. The Balaban J connectivity index is 2.68. The van der Waals surface area contributed by atoms with Gasteiger partial charge in [0.15, 0.2) is 0 Å². The van der Waals surface area contributed by atoms with Crippen LogP contribution in [0, 0.1) is 5.92 Å². The van der Waals surface area contributed by atoms with Crippen LogP contribution in [0.5, 0.6) is 0 Å². The Labute approximate surface area is 144 Å². The van der Waals surface area contributed by atoms with E-state index in [9.17, 15) is 14.7 Å². The number of carbonyl (C=O) groups excluding carboxylic acids is 2. The molecule has 1 heterocycles. The van der Waals surface area contributed by atoms with Crippen LogP contribution < -0.4 is 16.0 Å². The van der Waals surface area contributed by atoms with Crippen molar-refractivity contribution >= 4 is 12.0 Å². The maximum Gasteiger partial charge on any atom is 0.408 e. The van der Waals surface area contributed by atoms with Crippen LogP contribution in [0.4, 0.5) is 4.79 Å². The Morgan fingerprint density at radius 1 is 1.33 bits per heavy atom. The molecule has 140 valence electrons. The van der Waals surface area contributed by atoms with E-state index in [0.29, 0.717) is 19.4 Å². The number of carbonyl (C=O) groups is 2. The summed E-state index contributed by atoms with van der Waals surface area (Å²) in [5.74, 6) is -0.0445. The lowest BCUT2D eigenvalue weighted by molar-refractivity contribution is -0.125.